The molecule has 1 aromatic rings. The van der Waals surface area contributed by atoms with Gasteiger partial charge in [-0.1, -0.05) is 32.9 Å². The summed E-state index contributed by atoms with van der Waals surface area (Å²) in [5.41, 5.74) is 2.75. The van der Waals surface area contributed by atoms with Crippen LogP contribution in [0.25, 0.3) is 0 Å². The average molecular weight is 643 g/mol. The number of piperazine rings is 1. The van der Waals surface area contributed by atoms with E-state index in [0.29, 0.717) is 45.6 Å². The highest BCUT2D eigenvalue weighted by atomic mass is 32.2. The zero-order valence-electron chi connectivity index (χ0n) is 24.9. The molecule has 0 N–H and O–H groups in total. The van der Waals surface area contributed by atoms with Crippen molar-refractivity contribution in [3.63, 3.8) is 0 Å². The summed E-state index contributed by atoms with van der Waals surface area (Å²) in [4.78, 5) is 17.8. The van der Waals surface area contributed by atoms with Crippen LogP contribution in [0, 0.1) is 0 Å². The van der Waals surface area contributed by atoms with Gasteiger partial charge in [-0.15, -0.1) is 0 Å². The molecule has 0 aromatic heterocycles. The Hall–Kier alpha value is -2.26. The third kappa shape index (κ3) is 7.70. The summed E-state index contributed by atoms with van der Waals surface area (Å²) in [5, 5.41) is 0. The molecule has 3 heterocycles. The molecule has 8 nitrogen and oxygen atoms in total. The fraction of sp³-hybridized carbons (Fsp3) is 0.750. The summed E-state index contributed by atoms with van der Waals surface area (Å²) in [6, 6.07) is 6.33. The number of benzene rings is 1. The number of hydrogen-bond acceptors (Lipinski definition) is 6. The van der Waals surface area contributed by atoms with Gasteiger partial charge in [-0.05, 0) is 54.8 Å². The average Bonchev–Trinajstić information content (AvgIpc) is 3.26. The van der Waals surface area contributed by atoms with Crippen LogP contribution < -0.4 is 4.90 Å². The lowest BCUT2D eigenvalue weighted by Crippen LogP contribution is -2.54. The first-order chi connectivity index (χ1) is 19.7. The van der Waals surface area contributed by atoms with Gasteiger partial charge in [0.05, 0.1) is 6.26 Å². The zero-order chi connectivity index (χ0) is 32.0. The van der Waals surface area contributed by atoms with Gasteiger partial charge in [-0.25, -0.2) is 13.2 Å². The molecule has 1 aromatic carbocycles. The molecule has 4 rings (SSSR count). The number of sulfonamides is 1. The standard InChI is InChI=1S/C28H40F6N4O4S/c1-25(2,3)21-7-6-20(22(18-21)35-14-16-38(17-15-35)43(4,40)41)19-37-11-5-8-26(37)9-12-36(13-10-26)24(39)42-23(27(29,30)31)28(32,33)34/h6-7,18,23H,5,8-17,19H2,1-4H3. The molecular weight excluding hydrogens is 602 g/mol. The normalized spacial score (nSPS) is 21.2. The van der Waals surface area contributed by atoms with Crippen molar-refractivity contribution in [2.45, 2.75) is 82.4 Å². The number of ether oxygens (including phenoxy) is 1. The Labute approximate surface area is 249 Å². The van der Waals surface area contributed by atoms with E-state index in [9.17, 15) is 39.6 Å². The second kappa shape index (κ2) is 11.9. The molecule has 3 saturated heterocycles. The Morgan fingerprint density at radius 1 is 0.907 bits per heavy atom. The molecule has 1 spiro atoms. The van der Waals surface area contributed by atoms with E-state index in [1.807, 2.05) is 0 Å². The molecule has 1 amide bonds. The van der Waals surface area contributed by atoms with Gasteiger partial charge in [0, 0.05) is 57.0 Å². The molecule has 15 heteroatoms. The third-order valence-corrected chi connectivity index (χ3v) is 10.2. The van der Waals surface area contributed by atoms with Gasteiger partial charge in [0.15, 0.2) is 0 Å². The highest BCUT2D eigenvalue weighted by Crippen LogP contribution is 2.42. The van der Waals surface area contributed by atoms with E-state index in [-0.39, 0.29) is 24.0 Å². The molecule has 0 aliphatic carbocycles. The molecule has 43 heavy (non-hydrogen) atoms. The molecule has 0 radical (unpaired) electrons. The fourth-order valence-electron chi connectivity index (χ4n) is 6.33. The van der Waals surface area contributed by atoms with Crippen LogP contribution in [0.1, 0.15) is 57.6 Å². The Bertz CT molecular complexity index is 1250. The van der Waals surface area contributed by atoms with Crippen LogP contribution in [0.3, 0.4) is 0 Å². The first-order valence-electron chi connectivity index (χ1n) is 14.4. The molecule has 3 aliphatic heterocycles. The van der Waals surface area contributed by atoms with Crippen molar-refractivity contribution in [1.82, 2.24) is 14.1 Å². The second-order valence-electron chi connectivity index (χ2n) is 12.8. The molecular formula is C28H40F6N4O4S. The Morgan fingerprint density at radius 3 is 2.00 bits per heavy atom. The number of alkyl halides is 6. The van der Waals surface area contributed by atoms with E-state index >= 15 is 0 Å². The SMILES string of the molecule is CC(C)(C)c1ccc(CN2CCCC23CCN(C(=O)OC(C(F)(F)F)C(F)(F)F)CC3)c(N2CCN(S(C)(=O)=O)CC2)c1. The molecule has 0 unspecified atom stereocenters. The number of carbonyl (C=O) groups is 1. The predicted octanol–water partition coefficient (Wildman–Crippen LogP) is 5.13. The third-order valence-electron chi connectivity index (χ3n) is 8.87. The maximum Gasteiger partial charge on any atom is 0.434 e. The van der Waals surface area contributed by atoms with Crippen molar-refractivity contribution in [2.24, 2.45) is 0 Å². The summed E-state index contributed by atoms with van der Waals surface area (Å²) in [6.07, 6.45) is -13.6. The van der Waals surface area contributed by atoms with Crippen LogP contribution in [0.15, 0.2) is 18.2 Å². The highest BCUT2D eigenvalue weighted by molar-refractivity contribution is 7.88. The lowest BCUT2D eigenvalue weighted by Gasteiger charge is -2.45. The fourth-order valence-corrected chi connectivity index (χ4v) is 7.16. The number of piperidine rings is 1. The Morgan fingerprint density at radius 2 is 1.49 bits per heavy atom. The van der Waals surface area contributed by atoms with Crippen LogP contribution >= 0.6 is 0 Å². The smallest absolute Gasteiger partial charge is 0.426 e. The number of rotatable bonds is 5. The first kappa shape index (κ1) is 33.6. The maximum atomic E-state index is 12.9. The van der Waals surface area contributed by atoms with E-state index in [4.69, 9.17) is 0 Å². The largest absolute Gasteiger partial charge is 0.434 e. The lowest BCUT2D eigenvalue weighted by molar-refractivity contribution is -0.308. The summed E-state index contributed by atoms with van der Waals surface area (Å²) >= 11 is 0. The van der Waals surface area contributed by atoms with Crippen molar-refractivity contribution < 1.29 is 44.3 Å². The Kier molecular flexibility index (Phi) is 9.32. The van der Waals surface area contributed by atoms with Crippen molar-refractivity contribution in [3.8, 4) is 0 Å². The van der Waals surface area contributed by atoms with Crippen molar-refractivity contribution in [3.05, 3.63) is 29.3 Å². The minimum absolute atomic E-state index is 0.0129. The predicted molar refractivity (Wildman–Crippen MR) is 149 cm³/mol. The van der Waals surface area contributed by atoms with Gasteiger partial charge >= 0.3 is 18.4 Å². The van der Waals surface area contributed by atoms with E-state index in [1.54, 1.807) is 0 Å². The number of nitrogens with zero attached hydrogens (tertiary/aromatic N) is 4. The maximum absolute atomic E-state index is 12.9. The summed E-state index contributed by atoms with van der Waals surface area (Å²) in [7, 11) is -3.29. The van der Waals surface area contributed by atoms with Gasteiger partial charge in [-0.2, -0.15) is 30.6 Å². The summed E-state index contributed by atoms with van der Waals surface area (Å²) in [6.45, 7) is 9.48. The highest BCUT2D eigenvalue weighted by Gasteiger charge is 2.60. The number of halogens is 6. The minimum atomic E-state index is -5.76. The number of carbonyl (C=O) groups excluding carboxylic acids is 1. The Balaban J connectivity index is 1.49. The van der Waals surface area contributed by atoms with Gasteiger partial charge in [0.1, 0.15) is 0 Å². The van der Waals surface area contributed by atoms with Crippen LogP contribution in [0.5, 0.6) is 0 Å². The molecule has 3 aliphatic rings. The van der Waals surface area contributed by atoms with Crippen LogP contribution in [-0.2, 0) is 26.7 Å². The molecule has 0 bridgehead atoms. The summed E-state index contributed by atoms with van der Waals surface area (Å²) < 4.78 is 107. The van der Waals surface area contributed by atoms with E-state index in [2.05, 4.69) is 53.5 Å². The lowest BCUT2D eigenvalue weighted by atomic mass is 9.84. The first-order valence-corrected chi connectivity index (χ1v) is 16.2. The van der Waals surface area contributed by atoms with Crippen molar-refractivity contribution in [2.75, 3.05) is 57.0 Å². The van der Waals surface area contributed by atoms with Crippen LogP contribution in [0.2, 0.25) is 0 Å². The monoisotopic (exact) mass is 642 g/mol. The van der Waals surface area contributed by atoms with E-state index in [1.165, 1.54) is 10.6 Å². The van der Waals surface area contributed by atoms with Gasteiger partial charge in [-0.3, -0.25) is 4.90 Å². The van der Waals surface area contributed by atoms with Crippen LogP contribution in [-0.4, -0.2) is 105 Å². The van der Waals surface area contributed by atoms with E-state index < -0.39 is 34.6 Å². The molecule has 0 atom stereocenters. The summed E-state index contributed by atoms with van der Waals surface area (Å²) in [5.74, 6) is 0. The topological polar surface area (TPSA) is 73.4 Å². The molecule has 0 saturated carbocycles. The quantitative estimate of drug-likeness (QED) is 0.415. The second-order valence-corrected chi connectivity index (χ2v) is 14.8. The van der Waals surface area contributed by atoms with Gasteiger partial charge in [0.2, 0.25) is 10.0 Å². The number of hydrogen-bond donors (Lipinski definition) is 0. The van der Waals surface area contributed by atoms with Crippen molar-refractivity contribution >= 4 is 21.8 Å². The number of likely N-dealkylation sites (tertiary alicyclic amines) is 2. The van der Waals surface area contributed by atoms with Gasteiger partial charge < -0.3 is 14.5 Å². The minimum Gasteiger partial charge on any atom is -0.426 e. The van der Waals surface area contributed by atoms with E-state index in [0.717, 1.165) is 41.1 Å². The number of anilines is 1. The molecule has 3 fully saturated rings. The van der Waals surface area contributed by atoms with Crippen LogP contribution in [0.4, 0.5) is 36.8 Å². The van der Waals surface area contributed by atoms with Gasteiger partial charge in [0.25, 0.3) is 6.10 Å². The van der Waals surface area contributed by atoms with Crippen molar-refractivity contribution in [1.29, 1.82) is 0 Å². The molecule has 244 valence electrons. The zero-order valence-corrected chi connectivity index (χ0v) is 25.7. The number of amides is 1.